The van der Waals surface area contributed by atoms with Crippen LogP contribution < -0.4 is 5.32 Å². The molecule has 5 rings (SSSR count). The van der Waals surface area contributed by atoms with Crippen molar-refractivity contribution in [3.05, 3.63) is 35.5 Å². The summed E-state index contributed by atoms with van der Waals surface area (Å²) in [7, 11) is 3.93. The molecule has 3 aliphatic rings. The zero-order valence-corrected chi connectivity index (χ0v) is 15.6. The number of rotatable bonds is 3. The molecule has 2 aliphatic heterocycles. The molecule has 7 heteroatoms. The average molecular weight is 368 g/mol. The number of carbonyl (C=O) groups is 2. The molecule has 1 aliphatic carbocycles. The largest absolute Gasteiger partial charge is 0.372 e. The van der Waals surface area contributed by atoms with Crippen LogP contribution in [0.25, 0.3) is 10.9 Å². The Morgan fingerprint density at radius 1 is 1.33 bits per heavy atom. The summed E-state index contributed by atoms with van der Waals surface area (Å²) in [4.78, 5) is 30.9. The molecule has 0 saturated carbocycles. The minimum absolute atomic E-state index is 0.153. The summed E-state index contributed by atoms with van der Waals surface area (Å²) in [6.45, 7) is 1.60. The number of likely N-dealkylation sites (N-methyl/N-ethyl adjacent to an activating group) is 1. The van der Waals surface area contributed by atoms with Gasteiger partial charge in [0.1, 0.15) is 12.1 Å². The molecule has 27 heavy (non-hydrogen) atoms. The van der Waals surface area contributed by atoms with Crippen molar-refractivity contribution < 1.29 is 14.3 Å². The van der Waals surface area contributed by atoms with E-state index in [1.807, 2.05) is 0 Å². The lowest BCUT2D eigenvalue weighted by molar-refractivity contribution is -0.127. The standard InChI is InChI=1S/C20H24N4O3/c1-23-9-12(10-24-11-17(25)22-19(24)26)7-20(27-2)14-4-3-5-15-18(14)13(8-21-15)6-16(20)23/h3-5,8,12,16,21H,6-7,9-11H2,1-2H3,(H,22,25,26)/t12?,16-,20+/m1/s1. The summed E-state index contributed by atoms with van der Waals surface area (Å²) < 4.78 is 6.27. The summed E-state index contributed by atoms with van der Waals surface area (Å²) in [5.74, 6) is 0.0153. The van der Waals surface area contributed by atoms with Crippen molar-refractivity contribution in [1.82, 2.24) is 20.1 Å². The summed E-state index contributed by atoms with van der Waals surface area (Å²) >= 11 is 0. The number of imide groups is 1. The predicted octanol–water partition coefficient (Wildman–Crippen LogP) is 1.44. The smallest absolute Gasteiger partial charge is 0.324 e. The summed E-state index contributed by atoms with van der Waals surface area (Å²) in [6.07, 6.45) is 3.89. The van der Waals surface area contributed by atoms with E-state index in [2.05, 4.69) is 46.6 Å². The summed E-state index contributed by atoms with van der Waals surface area (Å²) in [6, 6.07) is 6.34. The van der Waals surface area contributed by atoms with E-state index in [9.17, 15) is 9.59 Å². The van der Waals surface area contributed by atoms with Gasteiger partial charge < -0.3 is 14.6 Å². The van der Waals surface area contributed by atoms with Gasteiger partial charge in [0, 0.05) is 43.3 Å². The highest BCUT2D eigenvalue weighted by atomic mass is 16.5. The number of nitrogens with one attached hydrogen (secondary N) is 2. The third-order valence-electron chi connectivity index (χ3n) is 6.58. The lowest BCUT2D eigenvalue weighted by Gasteiger charge is -2.53. The van der Waals surface area contributed by atoms with Crippen LogP contribution in [0, 0.1) is 5.92 Å². The van der Waals surface area contributed by atoms with Gasteiger partial charge in [-0.2, -0.15) is 0 Å². The van der Waals surface area contributed by atoms with Crippen molar-refractivity contribution in [3.63, 3.8) is 0 Å². The van der Waals surface area contributed by atoms with Crippen LogP contribution in [-0.4, -0.2) is 66.6 Å². The van der Waals surface area contributed by atoms with E-state index >= 15 is 0 Å². The van der Waals surface area contributed by atoms with Gasteiger partial charge in [0.15, 0.2) is 0 Å². The van der Waals surface area contributed by atoms with Gasteiger partial charge in [-0.3, -0.25) is 15.0 Å². The molecule has 2 N–H and O–H groups in total. The Hall–Kier alpha value is -2.38. The number of nitrogens with zero attached hydrogens (tertiary/aromatic N) is 2. The van der Waals surface area contributed by atoms with Gasteiger partial charge in [-0.25, -0.2) is 4.79 Å². The highest BCUT2D eigenvalue weighted by molar-refractivity contribution is 6.01. The molecule has 7 nitrogen and oxygen atoms in total. The van der Waals surface area contributed by atoms with E-state index in [-0.39, 0.29) is 30.4 Å². The Bertz CT molecular complexity index is 938. The fourth-order valence-corrected chi connectivity index (χ4v) is 5.50. The van der Waals surface area contributed by atoms with Crippen LogP contribution in [0.2, 0.25) is 0 Å². The van der Waals surface area contributed by atoms with Crippen molar-refractivity contribution >= 4 is 22.8 Å². The summed E-state index contributed by atoms with van der Waals surface area (Å²) in [5.41, 5.74) is 3.31. The van der Waals surface area contributed by atoms with Gasteiger partial charge in [0.2, 0.25) is 5.91 Å². The zero-order valence-electron chi connectivity index (χ0n) is 15.6. The number of piperidine rings is 1. The Balaban J connectivity index is 1.53. The quantitative estimate of drug-likeness (QED) is 0.804. The molecule has 1 aromatic heterocycles. The molecule has 0 bridgehead atoms. The number of benzene rings is 1. The Kier molecular flexibility index (Phi) is 3.61. The first-order valence-electron chi connectivity index (χ1n) is 9.45. The van der Waals surface area contributed by atoms with Crippen LogP contribution >= 0.6 is 0 Å². The number of hydrogen-bond donors (Lipinski definition) is 2. The van der Waals surface area contributed by atoms with Crippen molar-refractivity contribution in [2.45, 2.75) is 24.5 Å². The maximum Gasteiger partial charge on any atom is 0.324 e. The number of H-pyrrole nitrogens is 1. The van der Waals surface area contributed by atoms with Gasteiger partial charge in [0.25, 0.3) is 0 Å². The van der Waals surface area contributed by atoms with E-state index in [1.54, 1.807) is 12.0 Å². The molecule has 2 fully saturated rings. The number of hydrogen-bond acceptors (Lipinski definition) is 4. The molecule has 0 radical (unpaired) electrons. The molecule has 0 spiro atoms. The van der Waals surface area contributed by atoms with Crippen molar-refractivity contribution in [1.29, 1.82) is 0 Å². The van der Waals surface area contributed by atoms with Gasteiger partial charge in [-0.05, 0) is 43.0 Å². The van der Waals surface area contributed by atoms with E-state index < -0.39 is 5.60 Å². The van der Waals surface area contributed by atoms with Crippen LogP contribution in [0.15, 0.2) is 24.4 Å². The third-order valence-corrected chi connectivity index (χ3v) is 6.58. The van der Waals surface area contributed by atoms with E-state index in [0.717, 1.165) is 24.9 Å². The number of amides is 3. The molecule has 3 atom stereocenters. The normalized spacial score (nSPS) is 30.7. The van der Waals surface area contributed by atoms with E-state index in [1.165, 1.54) is 16.5 Å². The molecule has 2 saturated heterocycles. The number of fused-ring (bicyclic) bond motifs is 2. The van der Waals surface area contributed by atoms with Crippen LogP contribution in [0.1, 0.15) is 17.5 Å². The number of urea groups is 1. The van der Waals surface area contributed by atoms with Gasteiger partial charge >= 0.3 is 6.03 Å². The second-order valence-electron chi connectivity index (χ2n) is 8.10. The van der Waals surface area contributed by atoms with Crippen LogP contribution in [0.4, 0.5) is 4.79 Å². The first-order valence-corrected chi connectivity index (χ1v) is 9.45. The highest BCUT2D eigenvalue weighted by Crippen LogP contribution is 2.49. The predicted molar refractivity (Wildman–Crippen MR) is 100 cm³/mol. The van der Waals surface area contributed by atoms with Crippen molar-refractivity contribution in [2.75, 3.05) is 33.8 Å². The minimum Gasteiger partial charge on any atom is -0.372 e. The number of carbonyl (C=O) groups excluding carboxylic acids is 2. The van der Waals surface area contributed by atoms with Crippen LogP contribution in [0.5, 0.6) is 0 Å². The average Bonchev–Trinajstić information content (AvgIpc) is 3.20. The van der Waals surface area contributed by atoms with E-state index in [0.29, 0.717) is 6.54 Å². The van der Waals surface area contributed by atoms with Gasteiger partial charge in [-0.1, -0.05) is 12.1 Å². The van der Waals surface area contributed by atoms with Crippen LogP contribution in [-0.2, 0) is 21.6 Å². The topological polar surface area (TPSA) is 77.7 Å². The minimum atomic E-state index is -0.410. The SMILES string of the molecule is CO[C@]12CC(CN3CC(=O)NC3=O)CN(C)[C@@H]1Cc1c[nH]c3cccc2c13. The maximum absolute atomic E-state index is 12.0. The molecule has 142 valence electrons. The number of likely N-dealkylation sites (tertiary alicyclic amines) is 1. The molecule has 2 aromatic rings. The van der Waals surface area contributed by atoms with Crippen molar-refractivity contribution in [2.24, 2.45) is 5.92 Å². The van der Waals surface area contributed by atoms with Gasteiger partial charge in [-0.15, -0.1) is 0 Å². The third kappa shape index (κ3) is 2.34. The monoisotopic (exact) mass is 368 g/mol. The Morgan fingerprint density at radius 2 is 2.19 bits per heavy atom. The van der Waals surface area contributed by atoms with E-state index in [4.69, 9.17) is 4.74 Å². The number of ether oxygens (including phenoxy) is 1. The molecule has 3 amide bonds. The molecule has 1 unspecified atom stereocenters. The zero-order chi connectivity index (χ0) is 18.8. The molecule has 1 aromatic carbocycles. The van der Waals surface area contributed by atoms with Gasteiger partial charge in [0.05, 0.1) is 0 Å². The number of aromatic amines is 1. The second kappa shape index (κ2) is 5.81. The Morgan fingerprint density at radius 3 is 2.93 bits per heavy atom. The Labute approximate surface area is 157 Å². The highest BCUT2D eigenvalue weighted by Gasteiger charge is 2.52. The maximum atomic E-state index is 12.0. The lowest BCUT2D eigenvalue weighted by Crippen LogP contribution is -2.60. The van der Waals surface area contributed by atoms with Crippen molar-refractivity contribution in [3.8, 4) is 0 Å². The summed E-state index contributed by atoms with van der Waals surface area (Å²) in [5, 5.41) is 3.65. The molecule has 3 heterocycles. The fourth-order valence-electron chi connectivity index (χ4n) is 5.50. The number of methoxy groups -OCH3 is 1. The first-order chi connectivity index (χ1) is 13.0. The lowest BCUT2D eigenvalue weighted by atomic mass is 9.68. The first kappa shape index (κ1) is 16.8. The molecular formula is C20H24N4O3. The van der Waals surface area contributed by atoms with Crippen LogP contribution in [0.3, 0.4) is 0 Å². The number of aromatic nitrogens is 1. The second-order valence-corrected chi connectivity index (χ2v) is 8.10. The fraction of sp³-hybridized carbons (Fsp3) is 0.500. The molecular weight excluding hydrogens is 344 g/mol.